The number of hydrogen-bond donors (Lipinski definition) is 1. The molecule has 24 heavy (non-hydrogen) atoms. The van der Waals surface area contributed by atoms with E-state index in [0.717, 1.165) is 5.56 Å². The molecule has 3 aromatic rings. The van der Waals surface area contributed by atoms with Crippen LogP contribution in [0.4, 0.5) is 0 Å². The Morgan fingerprint density at radius 3 is 2.67 bits per heavy atom. The van der Waals surface area contributed by atoms with E-state index in [1.807, 2.05) is 30.3 Å². The third-order valence-electron chi connectivity index (χ3n) is 3.39. The summed E-state index contributed by atoms with van der Waals surface area (Å²) in [6.07, 6.45) is 0. The van der Waals surface area contributed by atoms with E-state index < -0.39 is 5.97 Å². The lowest BCUT2D eigenvalue weighted by Crippen LogP contribution is -2.05. The molecule has 3 rings (SSSR count). The second-order valence-corrected chi connectivity index (χ2v) is 5.01. The van der Waals surface area contributed by atoms with Gasteiger partial charge in [-0.05, 0) is 12.1 Å². The van der Waals surface area contributed by atoms with Crippen molar-refractivity contribution in [1.82, 2.24) is 5.16 Å². The van der Waals surface area contributed by atoms with Crippen molar-refractivity contribution in [2.45, 2.75) is 6.61 Å². The van der Waals surface area contributed by atoms with Crippen molar-refractivity contribution in [1.29, 1.82) is 0 Å². The molecule has 0 atom stereocenters. The number of phenolic OH excluding ortho intramolecular Hbond substituents is 1. The van der Waals surface area contributed by atoms with Crippen molar-refractivity contribution in [3.05, 3.63) is 65.9 Å². The summed E-state index contributed by atoms with van der Waals surface area (Å²) in [6.45, 7) is -0.0549. The van der Waals surface area contributed by atoms with Crippen LogP contribution in [0.3, 0.4) is 0 Å². The molecule has 1 aromatic heterocycles. The molecular formula is C18H15NO5. The van der Waals surface area contributed by atoms with Gasteiger partial charge in [-0.15, -0.1) is 0 Å². The van der Waals surface area contributed by atoms with Gasteiger partial charge in [0.1, 0.15) is 29.4 Å². The van der Waals surface area contributed by atoms with E-state index in [1.165, 1.54) is 19.2 Å². The van der Waals surface area contributed by atoms with Gasteiger partial charge in [0.2, 0.25) is 0 Å². The topological polar surface area (TPSA) is 81.8 Å². The minimum atomic E-state index is -0.653. The van der Waals surface area contributed by atoms with Gasteiger partial charge in [-0.1, -0.05) is 35.5 Å². The summed E-state index contributed by atoms with van der Waals surface area (Å²) in [6, 6.07) is 15.5. The van der Waals surface area contributed by atoms with E-state index in [1.54, 1.807) is 12.1 Å². The summed E-state index contributed by atoms with van der Waals surface area (Å²) in [4.78, 5) is 12.0. The minimum absolute atomic E-state index is 0.0549. The number of carbonyl (C=O) groups is 1. The second kappa shape index (κ2) is 6.87. The first kappa shape index (κ1) is 15.6. The average Bonchev–Trinajstić information content (AvgIpc) is 3.09. The summed E-state index contributed by atoms with van der Waals surface area (Å²) >= 11 is 0. The Morgan fingerprint density at radius 1 is 1.17 bits per heavy atom. The van der Waals surface area contributed by atoms with Gasteiger partial charge in [0.05, 0.1) is 7.11 Å². The molecule has 1 heterocycles. The molecule has 2 aromatic carbocycles. The van der Waals surface area contributed by atoms with Gasteiger partial charge in [-0.25, -0.2) is 4.79 Å². The summed E-state index contributed by atoms with van der Waals surface area (Å²) < 4.78 is 15.4. The van der Waals surface area contributed by atoms with Crippen molar-refractivity contribution in [2.75, 3.05) is 7.11 Å². The van der Waals surface area contributed by atoms with Crippen molar-refractivity contribution in [2.24, 2.45) is 0 Å². The fourth-order valence-corrected chi connectivity index (χ4v) is 2.15. The largest absolute Gasteiger partial charge is 0.507 e. The van der Waals surface area contributed by atoms with Crippen LogP contribution in [0, 0.1) is 0 Å². The fourth-order valence-electron chi connectivity index (χ4n) is 2.15. The summed E-state index contributed by atoms with van der Waals surface area (Å²) in [7, 11) is 1.47. The zero-order valence-corrected chi connectivity index (χ0v) is 12.9. The van der Waals surface area contributed by atoms with Crippen LogP contribution >= 0.6 is 0 Å². The number of ether oxygens (including phenoxy) is 2. The highest BCUT2D eigenvalue weighted by Crippen LogP contribution is 2.25. The maximum absolute atomic E-state index is 12.0. The van der Waals surface area contributed by atoms with Gasteiger partial charge in [0.15, 0.2) is 5.76 Å². The Labute approximate surface area is 138 Å². The summed E-state index contributed by atoms with van der Waals surface area (Å²) in [5, 5.41) is 13.7. The predicted molar refractivity (Wildman–Crippen MR) is 85.7 cm³/mol. The van der Waals surface area contributed by atoms with Crippen molar-refractivity contribution >= 4 is 5.97 Å². The number of methoxy groups -OCH3 is 1. The number of carbonyl (C=O) groups excluding carboxylic acids is 1. The number of esters is 1. The minimum Gasteiger partial charge on any atom is -0.507 e. The Kier molecular flexibility index (Phi) is 4.47. The van der Waals surface area contributed by atoms with E-state index in [-0.39, 0.29) is 17.9 Å². The molecule has 6 nitrogen and oxygen atoms in total. The third-order valence-corrected chi connectivity index (χ3v) is 3.39. The highest BCUT2D eigenvalue weighted by atomic mass is 16.5. The first-order valence-corrected chi connectivity index (χ1v) is 7.22. The molecule has 0 saturated heterocycles. The van der Waals surface area contributed by atoms with Crippen LogP contribution in [-0.4, -0.2) is 23.3 Å². The number of aromatic hydroxyl groups is 1. The molecule has 6 heteroatoms. The number of benzene rings is 2. The maximum Gasteiger partial charge on any atom is 0.342 e. The third kappa shape index (κ3) is 3.38. The van der Waals surface area contributed by atoms with E-state index in [4.69, 9.17) is 14.0 Å². The highest BCUT2D eigenvalue weighted by molar-refractivity contribution is 5.92. The Bertz CT molecular complexity index is 842. The van der Waals surface area contributed by atoms with Crippen LogP contribution in [0.25, 0.3) is 11.3 Å². The molecule has 0 aliphatic heterocycles. The standard InChI is InChI=1S/C18H15NO5/c1-22-14-7-8-15(16(20)10-14)18(21)23-11-13-9-17(24-19-13)12-5-3-2-4-6-12/h2-10,20H,11H2,1H3. The predicted octanol–water partition coefficient (Wildman–Crippen LogP) is 3.41. The van der Waals surface area contributed by atoms with Crippen molar-refractivity contribution < 1.29 is 23.9 Å². The zero-order valence-electron chi connectivity index (χ0n) is 12.9. The number of hydrogen-bond acceptors (Lipinski definition) is 6. The second-order valence-electron chi connectivity index (χ2n) is 5.01. The summed E-state index contributed by atoms with van der Waals surface area (Å²) in [5.41, 5.74) is 1.42. The molecule has 122 valence electrons. The van der Waals surface area contributed by atoms with Gasteiger partial charge in [-0.3, -0.25) is 0 Å². The van der Waals surface area contributed by atoms with Crippen LogP contribution in [0.1, 0.15) is 16.1 Å². The molecule has 0 spiro atoms. The van der Waals surface area contributed by atoms with E-state index in [9.17, 15) is 9.90 Å². The van der Waals surface area contributed by atoms with Crippen molar-refractivity contribution in [3.8, 4) is 22.8 Å². The zero-order chi connectivity index (χ0) is 16.9. The van der Waals surface area contributed by atoms with Crippen LogP contribution < -0.4 is 4.74 Å². The maximum atomic E-state index is 12.0. The van der Waals surface area contributed by atoms with Gasteiger partial charge in [0.25, 0.3) is 0 Å². The molecule has 0 bridgehead atoms. The Balaban J connectivity index is 1.66. The van der Waals surface area contributed by atoms with Crippen LogP contribution in [0.5, 0.6) is 11.5 Å². The lowest BCUT2D eigenvalue weighted by atomic mass is 10.2. The van der Waals surface area contributed by atoms with E-state index in [2.05, 4.69) is 5.16 Å². The fraction of sp³-hybridized carbons (Fsp3) is 0.111. The molecule has 0 aliphatic rings. The molecule has 0 radical (unpaired) electrons. The molecule has 1 N–H and O–H groups in total. The lowest BCUT2D eigenvalue weighted by molar-refractivity contribution is 0.0461. The van der Waals surface area contributed by atoms with Gasteiger partial charge >= 0.3 is 5.97 Å². The lowest BCUT2D eigenvalue weighted by Gasteiger charge is -2.06. The summed E-state index contributed by atoms with van der Waals surface area (Å²) in [5.74, 6) is 0.186. The SMILES string of the molecule is COc1ccc(C(=O)OCc2cc(-c3ccccc3)on2)c(O)c1. The number of phenols is 1. The normalized spacial score (nSPS) is 10.4. The van der Waals surface area contributed by atoms with Gasteiger partial charge in [-0.2, -0.15) is 0 Å². The number of nitrogens with zero attached hydrogens (tertiary/aromatic N) is 1. The van der Waals surface area contributed by atoms with Crippen LogP contribution in [0.2, 0.25) is 0 Å². The van der Waals surface area contributed by atoms with Gasteiger partial charge < -0.3 is 19.1 Å². The van der Waals surface area contributed by atoms with Crippen LogP contribution in [0.15, 0.2) is 59.1 Å². The molecular weight excluding hydrogens is 310 g/mol. The highest BCUT2D eigenvalue weighted by Gasteiger charge is 2.15. The Morgan fingerprint density at radius 2 is 1.96 bits per heavy atom. The first-order valence-electron chi connectivity index (χ1n) is 7.22. The molecule has 0 aliphatic carbocycles. The molecule has 0 fully saturated rings. The van der Waals surface area contributed by atoms with E-state index in [0.29, 0.717) is 17.2 Å². The molecule has 0 saturated carbocycles. The molecule has 0 amide bonds. The average molecular weight is 325 g/mol. The van der Waals surface area contributed by atoms with E-state index >= 15 is 0 Å². The molecule has 0 unspecified atom stereocenters. The van der Waals surface area contributed by atoms with Crippen molar-refractivity contribution in [3.63, 3.8) is 0 Å². The van der Waals surface area contributed by atoms with Crippen LogP contribution in [-0.2, 0) is 11.3 Å². The number of aromatic nitrogens is 1. The Hall–Kier alpha value is -3.28. The number of rotatable bonds is 5. The van der Waals surface area contributed by atoms with Gasteiger partial charge in [0, 0.05) is 17.7 Å². The smallest absolute Gasteiger partial charge is 0.342 e. The first-order chi connectivity index (χ1) is 11.7. The quantitative estimate of drug-likeness (QED) is 0.724. The monoisotopic (exact) mass is 325 g/mol.